The number of nitrogens with two attached hydrogens (primary N) is 1. The van der Waals surface area contributed by atoms with E-state index >= 15 is 0 Å². The van der Waals surface area contributed by atoms with Crippen LogP contribution in [-0.2, 0) is 9.59 Å². The van der Waals surface area contributed by atoms with E-state index in [4.69, 9.17) is 5.73 Å². The highest BCUT2D eigenvalue weighted by molar-refractivity contribution is 5.94. The number of aliphatic carboxylic acids is 1. The van der Waals surface area contributed by atoms with Gasteiger partial charge in [0, 0.05) is 48.2 Å². The van der Waals surface area contributed by atoms with Crippen molar-refractivity contribution < 1.29 is 30.0 Å². The number of carbonyl (C=O) groups is 2. The zero-order chi connectivity index (χ0) is 28.8. The zero-order valence-corrected chi connectivity index (χ0v) is 22.0. The SMILES string of the molecule is CC(NC(CNC(=O)CCC(O)c1cc(O)cc(NC2=NCC(O)CN2)c1)C(=O)O)c1[nH]c2ccccc2c1N. The molecule has 0 spiro atoms. The maximum Gasteiger partial charge on any atom is 0.322 e. The van der Waals surface area contributed by atoms with Crippen molar-refractivity contribution >= 4 is 40.1 Å². The number of carbonyl (C=O) groups excluding carboxylic acids is 1. The highest BCUT2D eigenvalue weighted by atomic mass is 16.4. The van der Waals surface area contributed by atoms with Gasteiger partial charge >= 0.3 is 5.97 Å². The Hall–Kier alpha value is -4.33. The number of nitrogen functional groups attached to an aromatic ring is 1. The summed E-state index contributed by atoms with van der Waals surface area (Å²) in [6.07, 6.45) is -1.64. The second-order valence-electron chi connectivity index (χ2n) is 9.80. The Morgan fingerprint density at radius 1 is 1.23 bits per heavy atom. The average Bonchev–Trinajstić information content (AvgIpc) is 3.27. The monoisotopic (exact) mass is 553 g/mol. The summed E-state index contributed by atoms with van der Waals surface area (Å²) in [5.41, 5.74) is 9.15. The Bertz CT molecular complexity index is 1390. The number of aromatic hydroxyl groups is 1. The van der Waals surface area contributed by atoms with Gasteiger partial charge in [0.05, 0.1) is 30.1 Å². The van der Waals surface area contributed by atoms with E-state index in [0.717, 1.165) is 10.9 Å². The first-order valence-corrected chi connectivity index (χ1v) is 13.0. The number of carboxylic acids is 1. The predicted octanol–water partition coefficient (Wildman–Crippen LogP) is 0.922. The van der Waals surface area contributed by atoms with Gasteiger partial charge in [-0.3, -0.25) is 19.9 Å². The Kier molecular flexibility index (Phi) is 9.09. The number of anilines is 2. The van der Waals surface area contributed by atoms with Crippen molar-refractivity contribution in [2.24, 2.45) is 4.99 Å². The van der Waals surface area contributed by atoms with Gasteiger partial charge in [-0.05, 0) is 37.1 Å². The number of nitrogens with zero attached hydrogens (tertiary/aromatic N) is 1. The number of aliphatic hydroxyl groups is 2. The summed E-state index contributed by atoms with van der Waals surface area (Å²) in [6.45, 7) is 2.20. The van der Waals surface area contributed by atoms with Crippen LogP contribution in [0.4, 0.5) is 11.4 Å². The van der Waals surface area contributed by atoms with Crippen molar-refractivity contribution in [1.29, 1.82) is 0 Å². The lowest BCUT2D eigenvalue weighted by atomic mass is 10.0. The first kappa shape index (κ1) is 28.7. The Morgan fingerprint density at radius 3 is 2.70 bits per heavy atom. The fraction of sp³-hybridized carbons (Fsp3) is 0.370. The lowest BCUT2D eigenvalue weighted by Crippen LogP contribution is -2.47. The summed E-state index contributed by atoms with van der Waals surface area (Å²) < 4.78 is 0. The number of guanidine groups is 1. The highest BCUT2D eigenvalue weighted by Gasteiger charge is 2.24. The molecule has 0 bridgehead atoms. The van der Waals surface area contributed by atoms with E-state index in [1.165, 1.54) is 12.1 Å². The number of fused-ring (bicyclic) bond motifs is 1. The molecule has 0 radical (unpaired) electrons. The lowest BCUT2D eigenvalue weighted by molar-refractivity contribution is -0.139. The van der Waals surface area contributed by atoms with Gasteiger partial charge in [-0.15, -0.1) is 0 Å². The van der Waals surface area contributed by atoms with E-state index in [-0.39, 0.29) is 31.7 Å². The van der Waals surface area contributed by atoms with E-state index in [1.54, 1.807) is 13.0 Å². The molecule has 4 rings (SSSR count). The quantitative estimate of drug-likeness (QED) is 0.162. The number of phenolic OH excluding ortho intramolecular Hbond substituents is 1. The molecule has 0 fully saturated rings. The van der Waals surface area contributed by atoms with Crippen molar-refractivity contribution in [1.82, 2.24) is 20.9 Å². The number of aliphatic imine (C=N–C) groups is 1. The molecular weight excluding hydrogens is 518 g/mol. The van der Waals surface area contributed by atoms with Crippen LogP contribution >= 0.6 is 0 Å². The number of aromatic amines is 1. The van der Waals surface area contributed by atoms with Crippen LogP contribution in [0.2, 0.25) is 0 Å². The molecule has 4 unspecified atom stereocenters. The number of nitrogens with one attached hydrogen (secondary N) is 5. The molecular formula is C27H35N7O6. The van der Waals surface area contributed by atoms with Gasteiger partial charge in [0.15, 0.2) is 5.96 Å². The molecule has 214 valence electrons. The van der Waals surface area contributed by atoms with Gasteiger partial charge in [-0.25, -0.2) is 0 Å². The fourth-order valence-corrected chi connectivity index (χ4v) is 4.52. The summed E-state index contributed by atoms with van der Waals surface area (Å²) in [7, 11) is 0. The normalized spacial score (nSPS) is 17.4. The summed E-state index contributed by atoms with van der Waals surface area (Å²) in [4.78, 5) is 31.7. The van der Waals surface area contributed by atoms with Gasteiger partial charge in [-0.1, -0.05) is 18.2 Å². The van der Waals surface area contributed by atoms with Crippen LogP contribution < -0.4 is 27.0 Å². The summed E-state index contributed by atoms with van der Waals surface area (Å²) in [5, 5.41) is 52.3. The van der Waals surface area contributed by atoms with Crippen LogP contribution in [0.15, 0.2) is 47.5 Å². The Morgan fingerprint density at radius 2 is 2.00 bits per heavy atom. The number of amides is 1. The van der Waals surface area contributed by atoms with E-state index in [2.05, 4.69) is 31.2 Å². The summed E-state index contributed by atoms with van der Waals surface area (Å²) in [5.74, 6) is -1.21. The number of aromatic nitrogens is 1. The Balaban J connectivity index is 1.29. The molecule has 4 atom stereocenters. The van der Waals surface area contributed by atoms with Gasteiger partial charge in [0.2, 0.25) is 5.91 Å². The van der Waals surface area contributed by atoms with Crippen molar-refractivity contribution in [2.75, 3.05) is 30.7 Å². The maximum atomic E-state index is 12.5. The molecule has 1 amide bonds. The van der Waals surface area contributed by atoms with Crippen molar-refractivity contribution in [3.05, 3.63) is 53.7 Å². The number of aliphatic hydroxyl groups excluding tert-OH is 2. The van der Waals surface area contributed by atoms with Crippen LogP contribution in [0.5, 0.6) is 5.75 Å². The fourth-order valence-electron chi connectivity index (χ4n) is 4.52. The number of phenols is 1. The third-order valence-corrected chi connectivity index (χ3v) is 6.66. The van der Waals surface area contributed by atoms with Crippen LogP contribution in [-0.4, -0.2) is 75.0 Å². The lowest BCUT2D eigenvalue weighted by Gasteiger charge is -2.21. The third kappa shape index (κ3) is 7.20. The first-order valence-electron chi connectivity index (χ1n) is 13.0. The highest BCUT2D eigenvalue weighted by Crippen LogP contribution is 2.29. The van der Waals surface area contributed by atoms with Crippen LogP contribution in [0, 0.1) is 0 Å². The molecule has 1 aliphatic rings. The van der Waals surface area contributed by atoms with Crippen LogP contribution in [0.3, 0.4) is 0 Å². The minimum Gasteiger partial charge on any atom is -0.508 e. The maximum absolute atomic E-state index is 12.5. The molecule has 1 aromatic heterocycles. The molecule has 13 heteroatoms. The number of benzene rings is 2. The van der Waals surface area contributed by atoms with Gasteiger partial charge < -0.3 is 47.1 Å². The second-order valence-corrected chi connectivity index (χ2v) is 9.80. The summed E-state index contributed by atoms with van der Waals surface area (Å²) in [6, 6.07) is 10.5. The molecule has 1 aliphatic heterocycles. The van der Waals surface area contributed by atoms with E-state index in [0.29, 0.717) is 35.1 Å². The van der Waals surface area contributed by atoms with Gasteiger partial charge in [0.1, 0.15) is 11.8 Å². The number of H-pyrrole nitrogens is 1. The number of carboxylic acid groups (broad SMARTS) is 1. The molecule has 40 heavy (non-hydrogen) atoms. The standard InChI is InChI=1S/C27H35N7O6/c1-14(25-24(28)19-4-2-3-5-20(19)34-25)32-21(26(39)40)13-29-23(38)7-6-22(37)15-8-16(10-17(35)9-15)33-27-30-11-18(36)12-31-27/h2-5,8-10,14,18,21-22,32,34-37H,6-7,11-13,28H2,1H3,(H,29,38)(H,39,40)(H2,30,31,33). The molecule has 2 heterocycles. The van der Waals surface area contributed by atoms with Crippen LogP contribution in [0.1, 0.15) is 43.2 Å². The Labute approximate surface area is 230 Å². The molecule has 2 aromatic carbocycles. The zero-order valence-electron chi connectivity index (χ0n) is 22.0. The van der Waals surface area contributed by atoms with E-state index in [1.807, 2.05) is 24.3 Å². The number of hydrogen-bond acceptors (Lipinski definition) is 10. The number of rotatable bonds is 11. The van der Waals surface area contributed by atoms with E-state index < -0.39 is 36.2 Å². The van der Waals surface area contributed by atoms with Crippen molar-refractivity contribution in [3.8, 4) is 5.75 Å². The minimum atomic E-state index is -1.13. The number of β-amino-alcohol motifs (C(OH)–C–C–N with tert-alkyl or cyclic N) is 1. The molecule has 3 aromatic rings. The van der Waals surface area contributed by atoms with Gasteiger partial charge in [0.25, 0.3) is 0 Å². The first-order chi connectivity index (χ1) is 19.1. The largest absolute Gasteiger partial charge is 0.508 e. The smallest absolute Gasteiger partial charge is 0.322 e. The van der Waals surface area contributed by atoms with E-state index in [9.17, 15) is 30.0 Å². The average molecular weight is 554 g/mol. The summed E-state index contributed by atoms with van der Waals surface area (Å²) >= 11 is 0. The second kappa shape index (κ2) is 12.7. The minimum absolute atomic E-state index is 0.0489. The van der Waals surface area contributed by atoms with Crippen molar-refractivity contribution in [3.63, 3.8) is 0 Å². The topological polar surface area (TPSA) is 217 Å². The third-order valence-electron chi connectivity index (χ3n) is 6.66. The predicted molar refractivity (Wildman–Crippen MR) is 151 cm³/mol. The number of para-hydroxylation sites is 1. The molecule has 0 aliphatic carbocycles. The molecule has 13 nitrogen and oxygen atoms in total. The molecule has 0 saturated carbocycles. The molecule has 0 saturated heterocycles. The van der Waals surface area contributed by atoms with Gasteiger partial charge in [-0.2, -0.15) is 0 Å². The van der Waals surface area contributed by atoms with Crippen LogP contribution in [0.25, 0.3) is 10.9 Å². The number of hydrogen-bond donors (Lipinski definition) is 10. The van der Waals surface area contributed by atoms with Crippen molar-refractivity contribution in [2.45, 2.75) is 44.1 Å². The molecule has 11 N–H and O–H groups in total.